The van der Waals surface area contributed by atoms with Crippen molar-refractivity contribution in [1.82, 2.24) is 30.1 Å². The zero-order valence-corrected chi connectivity index (χ0v) is 16.7. The molecule has 0 saturated heterocycles. The maximum Gasteiger partial charge on any atom is 0.178 e. The van der Waals surface area contributed by atoms with Gasteiger partial charge in [-0.3, -0.25) is 10.1 Å². The normalized spacial score (nSPS) is 11.5. The molecule has 5 heterocycles. The van der Waals surface area contributed by atoms with E-state index in [9.17, 15) is 0 Å². The number of nitrogens with two attached hydrogens (primary N) is 1. The van der Waals surface area contributed by atoms with Crippen LogP contribution in [-0.4, -0.2) is 30.1 Å². The Morgan fingerprint density at radius 3 is 2.84 bits per heavy atom. The van der Waals surface area contributed by atoms with Crippen molar-refractivity contribution in [1.29, 1.82) is 0 Å². The fourth-order valence-electron chi connectivity index (χ4n) is 3.73. The van der Waals surface area contributed by atoms with Gasteiger partial charge in [0.15, 0.2) is 11.5 Å². The number of H-pyrrole nitrogens is 2. The van der Waals surface area contributed by atoms with Crippen molar-refractivity contribution in [3.05, 3.63) is 66.2 Å². The first kappa shape index (κ1) is 17.7. The van der Waals surface area contributed by atoms with Gasteiger partial charge in [-0.2, -0.15) is 5.10 Å². The van der Waals surface area contributed by atoms with Gasteiger partial charge in [-0.15, -0.1) is 11.3 Å². The van der Waals surface area contributed by atoms with Crippen LogP contribution >= 0.6 is 11.3 Å². The number of nitrogens with zero attached hydrogens (tertiary/aromatic N) is 4. The van der Waals surface area contributed by atoms with E-state index in [0.29, 0.717) is 44.9 Å². The van der Waals surface area contributed by atoms with Gasteiger partial charge in [0, 0.05) is 40.2 Å². The third-order valence-electron chi connectivity index (χ3n) is 5.14. The first-order chi connectivity index (χ1) is 15.2. The molecular weight excluding hydrogens is 413 g/mol. The highest BCUT2D eigenvalue weighted by Crippen LogP contribution is 2.35. The third-order valence-corrected chi connectivity index (χ3v) is 6.04. The molecule has 9 heteroatoms. The Hall–Kier alpha value is -4.11. The molecule has 0 aliphatic heterocycles. The van der Waals surface area contributed by atoms with E-state index in [1.807, 2.05) is 23.6 Å². The summed E-state index contributed by atoms with van der Waals surface area (Å²) in [4.78, 5) is 17.4. The lowest BCUT2D eigenvalue weighted by atomic mass is 10.0. The van der Waals surface area contributed by atoms with Crippen LogP contribution in [0.3, 0.4) is 0 Å². The van der Waals surface area contributed by atoms with E-state index in [-0.39, 0.29) is 0 Å². The Morgan fingerprint density at radius 1 is 1.06 bits per heavy atom. The number of nitrogen functional groups attached to an aromatic ring is 1. The van der Waals surface area contributed by atoms with Crippen molar-refractivity contribution < 1.29 is 4.39 Å². The number of rotatable bonds is 3. The molecule has 0 radical (unpaired) electrons. The molecule has 7 nitrogen and oxygen atoms in total. The SMILES string of the molecule is Nc1cncc(-c2ccc3[nH]nc(-c4nc5nccc(-c6cccs6)c5[nH]4)c3c2F)c1. The summed E-state index contributed by atoms with van der Waals surface area (Å²) in [5.41, 5.74) is 10.6. The van der Waals surface area contributed by atoms with Gasteiger partial charge >= 0.3 is 0 Å². The number of thiophene rings is 1. The summed E-state index contributed by atoms with van der Waals surface area (Å²) < 4.78 is 15.6. The predicted octanol–water partition coefficient (Wildman–Crippen LogP) is 5.01. The molecule has 0 bridgehead atoms. The quantitative estimate of drug-likeness (QED) is 0.368. The smallest absolute Gasteiger partial charge is 0.178 e. The highest BCUT2D eigenvalue weighted by molar-refractivity contribution is 7.13. The first-order valence-corrected chi connectivity index (χ1v) is 10.3. The Bertz CT molecular complexity index is 1570. The molecule has 31 heavy (non-hydrogen) atoms. The molecule has 150 valence electrons. The second kappa shape index (κ2) is 6.71. The first-order valence-electron chi connectivity index (χ1n) is 9.45. The molecular formula is C22H14FN7S. The molecule has 0 atom stereocenters. The largest absolute Gasteiger partial charge is 0.397 e. The van der Waals surface area contributed by atoms with Gasteiger partial charge in [-0.05, 0) is 35.7 Å². The molecule has 5 aromatic heterocycles. The van der Waals surface area contributed by atoms with Crippen LogP contribution in [0.15, 0.2) is 60.4 Å². The summed E-state index contributed by atoms with van der Waals surface area (Å²) in [6.07, 6.45) is 4.82. The van der Waals surface area contributed by atoms with Crippen LogP contribution in [0.25, 0.3) is 55.2 Å². The molecule has 0 amide bonds. The molecule has 6 aromatic rings. The topological polar surface area (TPSA) is 109 Å². The summed E-state index contributed by atoms with van der Waals surface area (Å²) >= 11 is 1.63. The lowest BCUT2D eigenvalue weighted by molar-refractivity contribution is 0.643. The van der Waals surface area contributed by atoms with Gasteiger partial charge in [-0.25, -0.2) is 14.4 Å². The van der Waals surface area contributed by atoms with Crippen molar-refractivity contribution in [2.75, 3.05) is 5.73 Å². The molecule has 6 rings (SSSR count). The highest BCUT2D eigenvalue weighted by Gasteiger charge is 2.20. The number of pyridine rings is 2. The molecule has 0 fully saturated rings. The van der Waals surface area contributed by atoms with E-state index in [0.717, 1.165) is 16.0 Å². The standard InChI is InChI=1S/C22H14FN7S/c23-18-13(11-8-12(24)10-25-9-11)3-4-15-17(18)20(30-29-15)22-27-19-14(16-2-1-7-31-16)5-6-26-21(19)28-22/h1-10H,24H2,(H,29,30)(H,26,27,28). The third kappa shape index (κ3) is 2.78. The van der Waals surface area contributed by atoms with E-state index in [1.54, 1.807) is 41.9 Å². The average Bonchev–Trinajstić information content (AvgIpc) is 3.52. The van der Waals surface area contributed by atoms with Crippen LogP contribution in [0.2, 0.25) is 0 Å². The van der Waals surface area contributed by atoms with Crippen LogP contribution in [0.1, 0.15) is 0 Å². The van der Waals surface area contributed by atoms with Gasteiger partial charge in [-0.1, -0.05) is 6.07 Å². The van der Waals surface area contributed by atoms with Crippen molar-refractivity contribution >= 4 is 39.1 Å². The van der Waals surface area contributed by atoms with Gasteiger partial charge in [0.25, 0.3) is 0 Å². The fourth-order valence-corrected chi connectivity index (χ4v) is 4.49. The number of imidazole rings is 1. The zero-order chi connectivity index (χ0) is 20.9. The van der Waals surface area contributed by atoms with Crippen molar-refractivity contribution in [2.24, 2.45) is 0 Å². The number of aromatic amines is 2. The second-order valence-corrected chi connectivity index (χ2v) is 8.00. The van der Waals surface area contributed by atoms with Gasteiger partial charge in [0.05, 0.1) is 22.1 Å². The van der Waals surface area contributed by atoms with E-state index < -0.39 is 5.82 Å². The minimum atomic E-state index is -0.416. The molecule has 0 spiro atoms. The second-order valence-electron chi connectivity index (χ2n) is 7.05. The number of nitrogens with one attached hydrogen (secondary N) is 2. The Morgan fingerprint density at radius 2 is 2.00 bits per heavy atom. The molecule has 0 aliphatic rings. The molecule has 0 aliphatic carbocycles. The lowest BCUT2D eigenvalue weighted by Gasteiger charge is -2.05. The number of halogens is 1. The number of fused-ring (bicyclic) bond motifs is 2. The van der Waals surface area contributed by atoms with Crippen LogP contribution in [-0.2, 0) is 0 Å². The Kier molecular flexibility index (Phi) is 3.84. The van der Waals surface area contributed by atoms with Crippen molar-refractivity contribution in [3.63, 3.8) is 0 Å². The van der Waals surface area contributed by atoms with Gasteiger partial charge in [0.1, 0.15) is 11.5 Å². The summed E-state index contributed by atoms with van der Waals surface area (Å²) in [6, 6.07) is 11.1. The average molecular weight is 427 g/mol. The van der Waals surface area contributed by atoms with E-state index >= 15 is 4.39 Å². The highest BCUT2D eigenvalue weighted by atomic mass is 32.1. The Labute approximate surface area is 178 Å². The molecule has 0 unspecified atom stereocenters. The van der Waals surface area contributed by atoms with E-state index in [2.05, 4.69) is 30.1 Å². The molecule has 4 N–H and O–H groups in total. The number of hydrogen-bond donors (Lipinski definition) is 3. The molecule has 1 aromatic carbocycles. The summed E-state index contributed by atoms with van der Waals surface area (Å²) in [7, 11) is 0. The molecule has 0 saturated carbocycles. The van der Waals surface area contributed by atoms with Crippen LogP contribution in [0.4, 0.5) is 10.1 Å². The Balaban J connectivity index is 1.56. The summed E-state index contributed by atoms with van der Waals surface area (Å²) in [5, 5.41) is 9.60. The number of benzene rings is 1. The fraction of sp³-hybridized carbons (Fsp3) is 0. The van der Waals surface area contributed by atoms with Gasteiger partial charge in [0.2, 0.25) is 0 Å². The number of hydrogen-bond acceptors (Lipinski definition) is 6. The van der Waals surface area contributed by atoms with Crippen molar-refractivity contribution in [2.45, 2.75) is 0 Å². The maximum absolute atomic E-state index is 15.6. The van der Waals surface area contributed by atoms with Gasteiger partial charge < -0.3 is 10.7 Å². The predicted molar refractivity (Wildman–Crippen MR) is 120 cm³/mol. The van der Waals surface area contributed by atoms with Crippen LogP contribution < -0.4 is 5.73 Å². The van der Waals surface area contributed by atoms with Crippen molar-refractivity contribution in [3.8, 4) is 33.1 Å². The number of anilines is 1. The maximum atomic E-state index is 15.6. The minimum Gasteiger partial charge on any atom is -0.397 e. The van der Waals surface area contributed by atoms with Crippen LogP contribution in [0, 0.1) is 5.82 Å². The summed E-state index contributed by atoms with van der Waals surface area (Å²) in [5.74, 6) is 0.0278. The lowest BCUT2D eigenvalue weighted by Crippen LogP contribution is -1.91. The monoisotopic (exact) mass is 427 g/mol. The van der Waals surface area contributed by atoms with E-state index in [1.165, 1.54) is 6.20 Å². The minimum absolute atomic E-state index is 0.344. The van der Waals surface area contributed by atoms with Crippen LogP contribution in [0.5, 0.6) is 0 Å². The summed E-state index contributed by atoms with van der Waals surface area (Å²) in [6.45, 7) is 0. The number of aromatic nitrogens is 6. The van der Waals surface area contributed by atoms with E-state index in [4.69, 9.17) is 5.73 Å². The zero-order valence-electron chi connectivity index (χ0n) is 15.9.